The second kappa shape index (κ2) is 8.82. The molecule has 0 aliphatic heterocycles. The maximum atomic E-state index is 13.5. The highest BCUT2D eigenvalue weighted by atomic mass is 35.5. The van der Waals surface area contributed by atoms with E-state index in [0.29, 0.717) is 34.3 Å². The number of anilines is 2. The third-order valence-corrected chi connectivity index (χ3v) is 7.04. The van der Waals surface area contributed by atoms with Crippen molar-refractivity contribution in [3.63, 3.8) is 0 Å². The number of methoxy groups -OCH3 is 1. The molecule has 0 aliphatic carbocycles. The lowest BCUT2D eigenvalue weighted by Crippen LogP contribution is -2.12. The summed E-state index contributed by atoms with van der Waals surface area (Å²) in [6.07, 6.45) is 1.65. The van der Waals surface area contributed by atoms with Gasteiger partial charge < -0.3 is 15.4 Å². The Kier molecular flexibility index (Phi) is 6.10. The number of benzene rings is 2. The molecule has 0 radical (unpaired) electrons. The summed E-state index contributed by atoms with van der Waals surface area (Å²) in [5, 5.41) is 7.51. The van der Waals surface area contributed by atoms with Crippen molar-refractivity contribution >= 4 is 43.9 Å². The van der Waals surface area contributed by atoms with Gasteiger partial charge in [0.1, 0.15) is 5.75 Å². The van der Waals surface area contributed by atoms with Crippen molar-refractivity contribution in [3.05, 3.63) is 77.2 Å². The number of pyridine rings is 1. The summed E-state index contributed by atoms with van der Waals surface area (Å²) < 4.78 is 33.6. The molecule has 0 fully saturated rings. The highest BCUT2D eigenvalue weighted by molar-refractivity contribution is 7.90. The molecule has 0 spiro atoms. The first-order valence-corrected chi connectivity index (χ1v) is 11.7. The lowest BCUT2D eigenvalue weighted by atomic mass is 10.1. The second-order valence-corrected chi connectivity index (χ2v) is 9.49. The monoisotopic (exact) mass is 470 g/mol. The van der Waals surface area contributed by atoms with Crippen LogP contribution in [-0.4, -0.2) is 31.5 Å². The van der Waals surface area contributed by atoms with Gasteiger partial charge in [0.05, 0.1) is 23.2 Å². The molecule has 0 atom stereocenters. The standard InChI is InChI=1S/C23H23ClN4O3S/c1-15-7-10-21(23(24)26-15)27-17-8-9-20-16(13-25-2)14-28(22(20)11-17)32(29,30)19-6-4-5-18(12-19)31-3/h4-12,14,25,27H,13H2,1-3H3. The smallest absolute Gasteiger partial charge is 0.268 e. The van der Waals surface area contributed by atoms with Crippen LogP contribution in [0, 0.1) is 6.92 Å². The molecule has 2 N–H and O–H groups in total. The zero-order valence-electron chi connectivity index (χ0n) is 17.9. The van der Waals surface area contributed by atoms with E-state index in [9.17, 15) is 8.42 Å². The van der Waals surface area contributed by atoms with Gasteiger partial charge in [0.2, 0.25) is 0 Å². The quantitative estimate of drug-likeness (QED) is 0.380. The average Bonchev–Trinajstić information content (AvgIpc) is 3.14. The maximum absolute atomic E-state index is 13.5. The van der Waals surface area contributed by atoms with Crippen molar-refractivity contribution in [2.75, 3.05) is 19.5 Å². The van der Waals surface area contributed by atoms with E-state index in [-0.39, 0.29) is 4.90 Å². The van der Waals surface area contributed by atoms with Crippen molar-refractivity contribution in [1.82, 2.24) is 14.3 Å². The van der Waals surface area contributed by atoms with Crippen LogP contribution in [0.4, 0.5) is 11.4 Å². The van der Waals surface area contributed by atoms with Crippen LogP contribution in [0.5, 0.6) is 5.75 Å². The molecule has 0 aliphatic rings. The van der Waals surface area contributed by atoms with Gasteiger partial charge in [-0.05, 0) is 55.9 Å². The summed E-state index contributed by atoms with van der Waals surface area (Å²) in [5.74, 6) is 0.474. The summed E-state index contributed by atoms with van der Waals surface area (Å²) in [5.41, 5.74) is 3.57. The molecule has 32 heavy (non-hydrogen) atoms. The predicted molar refractivity (Wildman–Crippen MR) is 128 cm³/mol. The Hall–Kier alpha value is -3.07. The number of nitrogens with one attached hydrogen (secondary N) is 2. The van der Waals surface area contributed by atoms with Crippen LogP contribution < -0.4 is 15.4 Å². The van der Waals surface area contributed by atoms with Gasteiger partial charge in [-0.3, -0.25) is 0 Å². The van der Waals surface area contributed by atoms with Gasteiger partial charge in [0, 0.05) is 35.6 Å². The summed E-state index contributed by atoms with van der Waals surface area (Å²) in [7, 11) is -0.530. The summed E-state index contributed by atoms with van der Waals surface area (Å²) in [4.78, 5) is 4.40. The lowest BCUT2D eigenvalue weighted by molar-refractivity contribution is 0.413. The molecule has 166 valence electrons. The number of aryl methyl sites for hydroxylation is 1. The fraction of sp³-hybridized carbons (Fsp3) is 0.174. The maximum Gasteiger partial charge on any atom is 0.268 e. The topological polar surface area (TPSA) is 85.2 Å². The van der Waals surface area contributed by atoms with Crippen molar-refractivity contribution in [3.8, 4) is 5.75 Å². The highest BCUT2D eigenvalue weighted by Crippen LogP contribution is 2.31. The van der Waals surface area contributed by atoms with Crippen LogP contribution in [0.3, 0.4) is 0 Å². The second-order valence-electron chi connectivity index (χ2n) is 7.31. The first-order chi connectivity index (χ1) is 15.3. The van der Waals surface area contributed by atoms with E-state index in [4.69, 9.17) is 16.3 Å². The van der Waals surface area contributed by atoms with Crippen LogP contribution >= 0.6 is 11.6 Å². The number of fused-ring (bicyclic) bond motifs is 1. The van der Waals surface area contributed by atoms with Crippen LogP contribution in [0.2, 0.25) is 5.15 Å². The average molecular weight is 471 g/mol. The Morgan fingerprint density at radius 1 is 1.12 bits per heavy atom. The predicted octanol–water partition coefficient (Wildman–Crippen LogP) is 4.71. The SMILES string of the molecule is CNCc1cn(S(=O)(=O)c2cccc(OC)c2)c2cc(Nc3ccc(C)nc3Cl)ccc12. The van der Waals surface area contributed by atoms with E-state index in [1.54, 1.807) is 30.5 Å². The first kappa shape index (κ1) is 22.1. The van der Waals surface area contributed by atoms with E-state index >= 15 is 0 Å². The lowest BCUT2D eigenvalue weighted by Gasteiger charge is -2.11. The summed E-state index contributed by atoms with van der Waals surface area (Å²) in [6, 6.07) is 15.7. The minimum absolute atomic E-state index is 0.147. The van der Waals surface area contributed by atoms with Gasteiger partial charge in [-0.1, -0.05) is 23.7 Å². The zero-order chi connectivity index (χ0) is 22.9. The Morgan fingerprint density at radius 2 is 1.94 bits per heavy atom. The number of hydrogen-bond donors (Lipinski definition) is 2. The number of rotatable bonds is 7. The normalized spacial score (nSPS) is 11.6. The molecule has 0 saturated carbocycles. The Labute approximate surface area is 192 Å². The van der Waals surface area contributed by atoms with Gasteiger partial charge >= 0.3 is 0 Å². The third kappa shape index (κ3) is 4.17. The molecular formula is C23H23ClN4O3S. The molecule has 2 aromatic heterocycles. The van der Waals surface area contributed by atoms with Crippen LogP contribution in [0.25, 0.3) is 10.9 Å². The molecule has 2 heterocycles. The summed E-state index contributed by atoms with van der Waals surface area (Å²) in [6.45, 7) is 2.39. The number of nitrogens with zero attached hydrogens (tertiary/aromatic N) is 2. The Balaban J connectivity index is 1.85. The van der Waals surface area contributed by atoms with Crippen molar-refractivity contribution in [2.45, 2.75) is 18.4 Å². The summed E-state index contributed by atoms with van der Waals surface area (Å²) >= 11 is 6.26. The van der Waals surface area contributed by atoms with E-state index < -0.39 is 10.0 Å². The number of hydrogen-bond acceptors (Lipinski definition) is 6. The first-order valence-electron chi connectivity index (χ1n) is 9.92. The Morgan fingerprint density at radius 3 is 2.66 bits per heavy atom. The van der Waals surface area contributed by atoms with E-state index in [1.165, 1.54) is 17.1 Å². The molecule has 4 aromatic rings. The number of ether oxygens (including phenoxy) is 1. The van der Waals surface area contributed by atoms with Crippen molar-refractivity contribution < 1.29 is 13.2 Å². The zero-order valence-corrected chi connectivity index (χ0v) is 19.5. The molecule has 0 unspecified atom stereocenters. The van der Waals surface area contributed by atoms with Crippen LogP contribution in [-0.2, 0) is 16.6 Å². The van der Waals surface area contributed by atoms with Crippen molar-refractivity contribution in [1.29, 1.82) is 0 Å². The molecule has 9 heteroatoms. The minimum atomic E-state index is -3.86. The largest absolute Gasteiger partial charge is 0.497 e. The number of aromatic nitrogens is 2. The third-order valence-electron chi connectivity index (χ3n) is 5.09. The fourth-order valence-corrected chi connectivity index (χ4v) is 5.19. The molecule has 0 saturated heterocycles. The van der Waals surface area contributed by atoms with Gasteiger partial charge in [0.15, 0.2) is 5.15 Å². The van der Waals surface area contributed by atoms with Gasteiger partial charge in [-0.25, -0.2) is 17.4 Å². The minimum Gasteiger partial charge on any atom is -0.497 e. The molecule has 2 aromatic carbocycles. The van der Waals surface area contributed by atoms with Gasteiger partial charge in [0.25, 0.3) is 10.0 Å². The molecule has 7 nitrogen and oxygen atoms in total. The van der Waals surface area contributed by atoms with E-state index in [0.717, 1.165) is 16.6 Å². The van der Waals surface area contributed by atoms with Gasteiger partial charge in [-0.2, -0.15) is 0 Å². The number of halogens is 1. The van der Waals surface area contributed by atoms with E-state index in [1.807, 2.05) is 38.2 Å². The molecule has 0 bridgehead atoms. The van der Waals surface area contributed by atoms with Crippen molar-refractivity contribution in [2.24, 2.45) is 0 Å². The van der Waals surface area contributed by atoms with E-state index in [2.05, 4.69) is 15.6 Å². The molecule has 0 amide bonds. The molecular weight excluding hydrogens is 448 g/mol. The Bertz CT molecular complexity index is 1400. The fourth-order valence-electron chi connectivity index (χ4n) is 3.52. The molecule has 4 rings (SSSR count). The van der Waals surface area contributed by atoms with Crippen LogP contribution in [0.15, 0.2) is 65.7 Å². The highest BCUT2D eigenvalue weighted by Gasteiger charge is 2.22. The van der Waals surface area contributed by atoms with Gasteiger partial charge in [-0.15, -0.1) is 0 Å². The van der Waals surface area contributed by atoms with Crippen LogP contribution in [0.1, 0.15) is 11.3 Å².